The van der Waals surface area contributed by atoms with Crippen molar-refractivity contribution in [2.45, 2.75) is 53.3 Å². The van der Waals surface area contributed by atoms with E-state index in [9.17, 15) is 37.6 Å². The first-order valence-electron chi connectivity index (χ1n) is 14.1. The van der Waals surface area contributed by atoms with Gasteiger partial charge in [0.25, 0.3) is 17.4 Å². The van der Waals surface area contributed by atoms with Crippen LogP contribution >= 0.6 is 11.3 Å². The van der Waals surface area contributed by atoms with E-state index in [1.807, 2.05) is 0 Å². The quantitative estimate of drug-likeness (QED) is 0.312. The van der Waals surface area contributed by atoms with Crippen molar-refractivity contribution in [2.24, 2.45) is 5.41 Å². The number of nitrogens with zero attached hydrogens (tertiary/aromatic N) is 3. The molecule has 0 spiro atoms. The minimum Gasteiger partial charge on any atom is -0.360 e. The zero-order valence-electron chi connectivity index (χ0n) is 25.0. The van der Waals surface area contributed by atoms with Crippen molar-refractivity contribution in [2.75, 3.05) is 43.4 Å². The highest BCUT2D eigenvalue weighted by atomic mass is 32.1. The molecule has 0 atom stereocenters. The highest BCUT2D eigenvalue weighted by molar-refractivity contribution is 7.07. The van der Waals surface area contributed by atoms with Crippen molar-refractivity contribution in [3.63, 3.8) is 0 Å². The van der Waals surface area contributed by atoms with Crippen LogP contribution in [0.3, 0.4) is 0 Å². The van der Waals surface area contributed by atoms with E-state index in [0.717, 1.165) is 48.4 Å². The van der Waals surface area contributed by atoms with Crippen molar-refractivity contribution < 1.29 is 27.6 Å². The van der Waals surface area contributed by atoms with Crippen LogP contribution in [0.25, 0.3) is 11.8 Å². The number of likely N-dealkylation sites (tertiary alicyclic amines) is 1. The Balaban J connectivity index is 1.93. The highest BCUT2D eigenvalue weighted by Crippen LogP contribution is 2.24. The fourth-order valence-electron chi connectivity index (χ4n) is 4.28. The van der Waals surface area contributed by atoms with E-state index in [2.05, 4.69) is 20.9 Å². The van der Waals surface area contributed by atoms with Crippen LogP contribution in [0, 0.1) is 16.7 Å². The lowest BCUT2D eigenvalue weighted by molar-refractivity contribution is -0.135. The number of amides is 3. The van der Waals surface area contributed by atoms with Crippen molar-refractivity contribution >= 4 is 52.2 Å². The minimum atomic E-state index is -4.67. The van der Waals surface area contributed by atoms with Crippen LogP contribution in [0.1, 0.15) is 50.9 Å². The van der Waals surface area contributed by atoms with Crippen molar-refractivity contribution in [3.8, 4) is 6.07 Å². The normalized spacial score (nSPS) is 15.0. The number of halogens is 3. The Morgan fingerprint density at radius 2 is 1.80 bits per heavy atom. The molecule has 0 aliphatic carbocycles. The van der Waals surface area contributed by atoms with Crippen LogP contribution in [-0.4, -0.2) is 66.1 Å². The summed E-state index contributed by atoms with van der Waals surface area (Å²) in [7, 11) is 0. The standard InChI is InChI=1S/C29H36F3N7O4S/c1-5-39-25(42)22(44-26(39)20(15-33)24(41)36-17-29(30,31)32)16-35-18-8-9-19(21(14-18)37-27(43)28(2,3)4)23(40)34-10-13-38-11-6-7-12-38/h8-9,14,16,35H,5-7,10-13,17H2,1-4H3,(H,34,40)(H,36,41)(H,37,43)/b22-16+,26-20-. The minimum absolute atomic E-state index is 0.0563. The Morgan fingerprint density at radius 1 is 1.11 bits per heavy atom. The Bertz CT molecular complexity index is 1610. The summed E-state index contributed by atoms with van der Waals surface area (Å²) in [6.07, 6.45) is -1.08. The topological polar surface area (TPSA) is 148 Å². The first-order chi connectivity index (χ1) is 20.6. The Labute approximate surface area is 256 Å². The molecule has 44 heavy (non-hydrogen) atoms. The average Bonchev–Trinajstić information content (AvgIpc) is 3.57. The van der Waals surface area contributed by atoms with Crippen LogP contribution in [0.5, 0.6) is 0 Å². The fourth-order valence-corrected chi connectivity index (χ4v) is 5.37. The maximum atomic E-state index is 13.1. The van der Waals surface area contributed by atoms with Gasteiger partial charge in [-0.2, -0.15) is 18.4 Å². The van der Waals surface area contributed by atoms with Crippen LogP contribution in [0.2, 0.25) is 0 Å². The van der Waals surface area contributed by atoms with Gasteiger partial charge >= 0.3 is 6.18 Å². The Kier molecular flexibility index (Phi) is 11.3. The lowest BCUT2D eigenvalue weighted by Crippen LogP contribution is -2.37. The SMILES string of the molecule is CCn1c(=O)/c(=C\Nc2ccc(C(=O)NCCN3CCCC3)c(NC(=O)C(C)(C)C)c2)s/c1=C(/C#N)C(=O)NCC(F)(F)F. The molecule has 3 amide bonds. The number of aromatic nitrogens is 1. The van der Waals surface area contributed by atoms with Crippen molar-refractivity contribution in [1.82, 2.24) is 20.1 Å². The van der Waals surface area contributed by atoms with Gasteiger partial charge in [0.15, 0.2) is 5.57 Å². The van der Waals surface area contributed by atoms with Crippen LogP contribution in [-0.2, 0) is 16.1 Å². The van der Waals surface area contributed by atoms with Gasteiger partial charge in [0.2, 0.25) is 5.91 Å². The van der Waals surface area contributed by atoms with Crippen molar-refractivity contribution in [1.29, 1.82) is 5.26 Å². The Hall–Kier alpha value is -4.16. The molecular weight excluding hydrogens is 599 g/mol. The molecule has 1 saturated heterocycles. The fraction of sp³-hybridized carbons (Fsp3) is 0.483. The number of thiazole rings is 1. The third-order valence-electron chi connectivity index (χ3n) is 6.70. The number of hydrogen-bond donors (Lipinski definition) is 4. The van der Waals surface area contributed by atoms with Gasteiger partial charge in [-0.05, 0) is 51.1 Å². The number of carbonyl (C=O) groups excluding carboxylic acids is 3. The smallest absolute Gasteiger partial charge is 0.360 e. The van der Waals surface area contributed by atoms with Gasteiger partial charge < -0.3 is 26.2 Å². The molecule has 0 bridgehead atoms. The molecule has 1 aromatic carbocycles. The van der Waals surface area contributed by atoms with E-state index in [1.165, 1.54) is 12.3 Å². The molecule has 1 fully saturated rings. The zero-order valence-corrected chi connectivity index (χ0v) is 25.8. The van der Waals surface area contributed by atoms with E-state index in [-0.39, 0.29) is 38.8 Å². The molecule has 4 N–H and O–H groups in total. The molecular formula is C29H36F3N7O4S. The predicted molar refractivity (Wildman–Crippen MR) is 162 cm³/mol. The van der Waals surface area contributed by atoms with Gasteiger partial charge in [0.05, 0.1) is 11.3 Å². The third-order valence-corrected chi connectivity index (χ3v) is 7.83. The van der Waals surface area contributed by atoms with Gasteiger partial charge in [0, 0.05) is 36.9 Å². The number of nitriles is 1. The molecule has 1 aliphatic rings. The summed E-state index contributed by atoms with van der Waals surface area (Å²) in [6.45, 7) is 8.38. The number of rotatable bonds is 10. The largest absolute Gasteiger partial charge is 0.405 e. The maximum absolute atomic E-state index is 13.1. The molecule has 0 unspecified atom stereocenters. The second-order valence-electron chi connectivity index (χ2n) is 11.2. The van der Waals surface area contributed by atoms with E-state index < -0.39 is 35.2 Å². The molecule has 15 heteroatoms. The van der Waals surface area contributed by atoms with Crippen LogP contribution in [0.15, 0.2) is 23.0 Å². The molecule has 1 aromatic heterocycles. The van der Waals surface area contributed by atoms with E-state index in [4.69, 9.17) is 0 Å². The molecule has 3 rings (SSSR count). The second-order valence-corrected chi connectivity index (χ2v) is 12.2. The predicted octanol–water partition coefficient (Wildman–Crippen LogP) is 1.94. The molecule has 0 saturated carbocycles. The summed E-state index contributed by atoms with van der Waals surface area (Å²) < 4.78 is 38.8. The molecule has 1 aliphatic heterocycles. The maximum Gasteiger partial charge on any atom is 0.405 e. The molecule has 2 heterocycles. The molecule has 238 valence electrons. The number of anilines is 2. The zero-order chi connectivity index (χ0) is 32.7. The van der Waals surface area contributed by atoms with Gasteiger partial charge in [-0.25, -0.2) is 0 Å². The average molecular weight is 636 g/mol. The monoisotopic (exact) mass is 635 g/mol. The third kappa shape index (κ3) is 9.17. The highest BCUT2D eigenvalue weighted by Gasteiger charge is 2.29. The number of alkyl halides is 3. The van der Waals surface area contributed by atoms with Gasteiger partial charge in [-0.3, -0.25) is 23.7 Å². The second kappa shape index (κ2) is 14.5. The summed E-state index contributed by atoms with van der Waals surface area (Å²) in [5.41, 5.74) is -1.02. The number of benzene rings is 1. The lowest BCUT2D eigenvalue weighted by atomic mass is 9.95. The van der Waals surface area contributed by atoms with Gasteiger partial charge in [-0.1, -0.05) is 20.8 Å². The number of carbonyl (C=O) groups is 3. The van der Waals surface area contributed by atoms with E-state index in [0.29, 0.717) is 12.2 Å². The van der Waals surface area contributed by atoms with Crippen LogP contribution in [0.4, 0.5) is 24.5 Å². The summed E-state index contributed by atoms with van der Waals surface area (Å²) in [4.78, 5) is 53.5. The van der Waals surface area contributed by atoms with E-state index in [1.54, 1.807) is 51.2 Å². The lowest BCUT2D eigenvalue weighted by Gasteiger charge is -2.20. The van der Waals surface area contributed by atoms with Crippen LogP contribution < -0.4 is 36.0 Å². The Morgan fingerprint density at radius 3 is 2.39 bits per heavy atom. The summed E-state index contributed by atoms with van der Waals surface area (Å²) in [5.74, 6) is -1.93. The van der Waals surface area contributed by atoms with Crippen molar-refractivity contribution in [3.05, 3.63) is 43.3 Å². The molecule has 2 aromatic rings. The molecule has 0 radical (unpaired) electrons. The first-order valence-corrected chi connectivity index (χ1v) is 14.9. The summed E-state index contributed by atoms with van der Waals surface area (Å²) >= 11 is 0.763. The first kappa shape index (κ1) is 34.3. The molecule has 11 nitrogen and oxygen atoms in total. The number of hydrogen-bond acceptors (Lipinski definition) is 8. The summed E-state index contributed by atoms with van der Waals surface area (Å²) in [5, 5.41) is 19.8. The number of nitrogens with one attached hydrogen (secondary N) is 4. The van der Waals surface area contributed by atoms with E-state index >= 15 is 0 Å². The van der Waals surface area contributed by atoms with Gasteiger partial charge in [0.1, 0.15) is 21.8 Å². The van der Waals surface area contributed by atoms with Gasteiger partial charge in [-0.15, -0.1) is 11.3 Å². The summed E-state index contributed by atoms with van der Waals surface area (Å²) in [6, 6.07) is 6.27.